The number of rotatable bonds is 9. The number of carbonyl (C=O) groups excluding carboxylic acids is 2. The highest BCUT2D eigenvalue weighted by Gasteiger charge is 2.16. The first-order chi connectivity index (χ1) is 16.7. The molecule has 1 heterocycles. The van der Waals surface area contributed by atoms with Crippen molar-refractivity contribution in [2.45, 2.75) is 13.0 Å². The van der Waals surface area contributed by atoms with Gasteiger partial charge in [0.15, 0.2) is 6.61 Å². The van der Waals surface area contributed by atoms with Crippen LogP contribution >= 0.6 is 0 Å². The van der Waals surface area contributed by atoms with Gasteiger partial charge in [0.2, 0.25) is 0 Å². The Morgan fingerprint density at radius 1 is 0.824 bits per heavy atom. The van der Waals surface area contributed by atoms with E-state index in [2.05, 4.69) is 9.97 Å². The van der Waals surface area contributed by atoms with E-state index < -0.39 is 5.97 Å². The average molecular weight is 452 g/mol. The second kappa shape index (κ2) is 11.5. The van der Waals surface area contributed by atoms with Crippen molar-refractivity contribution in [3.63, 3.8) is 0 Å². The summed E-state index contributed by atoms with van der Waals surface area (Å²) < 4.78 is 5.22. The number of benzene rings is 3. The smallest absolute Gasteiger partial charge is 0.331 e. The van der Waals surface area contributed by atoms with Crippen molar-refractivity contribution in [3.05, 3.63) is 114 Å². The predicted molar refractivity (Wildman–Crippen MR) is 132 cm³/mol. The Bertz CT molecular complexity index is 1270. The first kappa shape index (κ1) is 22.9. The van der Waals surface area contributed by atoms with Gasteiger partial charge in [0.25, 0.3) is 5.91 Å². The van der Waals surface area contributed by atoms with Crippen LogP contribution < -0.4 is 0 Å². The van der Waals surface area contributed by atoms with Crippen LogP contribution in [0.3, 0.4) is 0 Å². The number of nitrogens with zero attached hydrogens (tertiary/aromatic N) is 3. The number of esters is 1. The van der Waals surface area contributed by atoms with Gasteiger partial charge < -0.3 is 9.64 Å². The van der Waals surface area contributed by atoms with Crippen LogP contribution in [0, 0.1) is 0 Å². The minimum Gasteiger partial charge on any atom is -0.452 e. The number of aromatic nitrogens is 2. The zero-order valence-corrected chi connectivity index (χ0v) is 18.7. The maximum atomic E-state index is 12.9. The fraction of sp³-hybridized carbons (Fsp3) is 0.143. The number of hydrogen-bond donors (Lipinski definition) is 0. The van der Waals surface area contributed by atoms with Crippen molar-refractivity contribution in [2.75, 3.05) is 13.2 Å². The first-order valence-electron chi connectivity index (χ1n) is 11.1. The summed E-state index contributed by atoms with van der Waals surface area (Å²) in [4.78, 5) is 35.6. The Labute approximate surface area is 198 Å². The van der Waals surface area contributed by atoms with Gasteiger partial charge >= 0.3 is 5.97 Å². The molecule has 0 saturated heterocycles. The molecule has 4 aromatic rings. The Balaban J connectivity index is 1.35. The molecule has 4 rings (SSSR count). The molecule has 0 atom stereocenters. The normalized spacial score (nSPS) is 10.9. The molecule has 0 unspecified atom stereocenters. The molecule has 0 bridgehead atoms. The lowest BCUT2D eigenvalue weighted by Gasteiger charge is -2.23. The van der Waals surface area contributed by atoms with Gasteiger partial charge in [-0.1, -0.05) is 72.8 Å². The average Bonchev–Trinajstić information content (AvgIpc) is 2.89. The van der Waals surface area contributed by atoms with Gasteiger partial charge in [0.05, 0.1) is 22.9 Å². The van der Waals surface area contributed by atoms with Crippen LogP contribution in [0.25, 0.3) is 17.1 Å². The quantitative estimate of drug-likeness (QED) is 0.278. The number of ether oxygens (including phenoxy) is 1. The predicted octanol–water partition coefficient (Wildman–Crippen LogP) is 4.46. The third kappa shape index (κ3) is 6.59. The second-order valence-electron chi connectivity index (χ2n) is 7.76. The van der Waals surface area contributed by atoms with Crippen LogP contribution in [0.5, 0.6) is 0 Å². The topological polar surface area (TPSA) is 72.4 Å². The molecule has 0 fully saturated rings. The van der Waals surface area contributed by atoms with Gasteiger partial charge in [-0.05, 0) is 35.8 Å². The number of carbonyl (C=O) groups is 2. The van der Waals surface area contributed by atoms with E-state index in [4.69, 9.17) is 4.74 Å². The standard InChI is InChI=1S/C28H25N3O3/c32-27(21-34-28(33)16-15-24-19-29-25-13-7-8-14-26(25)30-24)31(20-23-11-5-2-6-12-23)18-17-22-9-3-1-4-10-22/h1-16,19H,17-18,20-21H2. The second-order valence-corrected chi connectivity index (χ2v) is 7.76. The van der Waals surface area contributed by atoms with E-state index in [0.717, 1.165) is 22.2 Å². The van der Waals surface area contributed by atoms with E-state index in [1.165, 1.54) is 12.2 Å². The molecule has 0 aliphatic carbocycles. The van der Waals surface area contributed by atoms with Gasteiger partial charge in [0, 0.05) is 19.2 Å². The van der Waals surface area contributed by atoms with Crippen LogP contribution in [-0.4, -0.2) is 39.9 Å². The molecule has 170 valence electrons. The highest BCUT2D eigenvalue weighted by Crippen LogP contribution is 2.10. The maximum absolute atomic E-state index is 12.9. The first-order valence-corrected chi connectivity index (χ1v) is 11.1. The molecule has 1 amide bonds. The molecule has 0 spiro atoms. The fourth-order valence-electron chi connectivity index (χ4n) is 3.48. The number of fused-ring (bicyclic) bond motifs is 1. The lowest BCUT2D eigenvalue weighted by molar-refractivity contribution is -0.148. The minimum atomic E-state index is -0.606. The Kier molecular flexibility index (Phi) is 7.74. The molecular weight excluding hydrogens is 426 g/mol. The molecule has 0 aliphatic heterocycles. The highest BCUT2D eigenvalue weighted by atomic mass is 16.5. The van der Waals surface area contributed by atoms with Gasteiger partial charge in [-0.2, -0.15) is 0 Å². The molecule has 6 nitrogen and oxygen atoms in total. The van der Waals surface area contributed by atoms with Crippen molar-refractivity contribution in [3.8, 4) is 0 Å². The van der Waals surface area contributed by atoms with Crippen molar-refractivity contribution in [1.29, 1.82) is 0 Å². The summed E-state index contributed by atoms with van der Waals surface area (Å²) in [6, 6.07) is 27.3. The van der Waals surface area contributed by atoms with Crippen molar-refractivity contribution < 1.29 is 14.3 Å². The van der Waals surface area contributed by atoms with E-state index in [9.17, 15) is 9.59 Å². The lowest BCUT2D eigenvalue weighted by Crippen LogP contribution is -2.35. The minimum absolute atomic E-state index is 0.243. The molecule has 1 aromatic heterocycles. The lowest BCUT2D eigenvalue weighted by atomic mass is 10.1. The third-order valence-corrected chi connectivity index (χ3v) is 5.28. The maximum Gasteiger partial charge on any atom is 0.331 e. The van der Waals surface area contributed by atoms with E-state index in [1.54, 1.807) is 11.1 Å². The van der Waals surface area contributed by atoms with E-state index >= 15 is 0 Å². The van der Waals surface area contributed by atoms with Gasteiger partial charge in [0.1, 0.15) is 0 Å². The van der Waals surface area contributed by atoms with Crippen LogP contribution in [0.15, 0.2) is 97.2 Å². The molecule has 3 aromatic carbocycles. The zero-order chi connectivity index (χ0) is 23.6. The summed E-state index contributed by atoms with van der Waals surface area (Å²) in [5.74, 6) is -0.849. The van der Waals surface area contributed by atoms with Crippen molar-refractivity contribution >= 4 is 29.0 Å². The molecule has 6 heteroatoms. The molecule has 0 N–H and O–H groups in total. The summed E-state index contributed by atoms with van der Waals surface area (Å²) in [7, 11) is 0. The molecule has 0 aliphatic rings. The highest BCUT2D eigenvalue weighted by molar-refractivity contribution is 5.89. The molecule has 0 radical (unpaired) electrons. The Morgan fingerprint density at radius 2 is 1.47 bits per heavy atom. The van der Waals surface area contributed by atoms with Crippen LogP contribution in [0.4, 0.5) is 0 Å². The Hall–Kier alpha value is -4.32. The molecular formula is C28H25N3O3. The fourth-order valence-corrected chi connectivity index (χ4v) is 3.48. The van der Waals surface area contributed by atoms with E-state index in [1.807, 2.05) is 84.9 Å². The summed E-state index contributed by atoms with van der Waals surface area (Å²) in [6.45, 7) is 0.651. The van der Waals surface area contributed by atoms with Crippen LogP contribution in [0.1, 0.15) is 16.8 Å². The Morgan fingerprint density at radius 3 is 2.21 bits per heavy atom. The van der Waals surface area contributed by atoms with E-state index in [0.29, 0.717) is 25.2 Å². The van der Waals surface area contributed by atoms with Crippen LogP contribution in [-0.2, 0) is 27.3 Å². The van der Waals surface area contributed by atoms with Crippen molar-refractivity contribution in [1.82, 2.24) is 14.9 Å². The van der Waals surface area contributed by atoms with Gasteiger partial charge in [-0.25, -0.2) is 9.78 Å². The summed E-state index contributed by atoms with van der Waals surface area (Å²) >= 11 is 0. The monoisotopic (exact) mass is 451 g/mol. The van der Waals surface area contributed by atoms with E-state index in [-0.39, 0.29) is 12.5 Å². The number of hydrogen-bond acceptors (Lipinski definition) is 5. The largest absolute Gasteiger partial charge is 0.452 e. The number of para-hydroxylation sites is 2. The summed E-state index contributed by atoms with van der Waals surface area (Å²) in [5, 5.41) is 0. The van der Waals surface area contributed by atoms with Gasteiger partial charge in [-0.15, -0.1) is 0 Å². The van der Waals surface area contributed by atoms with Gasteiger partial charge in [-0.3, -0.25) is 9.78 Å². The zero-order valence-electron chi connectivity index (χ0n) is 18.7. The summed E-state index contributed by atoms with van der Waals surface area (Å²) in [6.07, 6.45) is 5.09. The molecule has 34 heavy (non-hydrogen) atoms. The SMILES string of the molecule is O=C(C=Cc1cnc2ccccc2n1)OCC(=O)N(CCc1ccccc1)Cc1ccccc1. The molecule has 0 saturated carbocycles. The third-order valence-electron chi connectivity index (χ3n) is 5.28. The van der Waals surface area contributed by atoms with Crippen molar-refractivity contribution in [2.24, 2.45) is 0 Å². The summed E-state index contributed by atoms with van der Waals surface area (Å²) in [5.41, 5.74) is 4.22. The van der Waals surface area contributed by atoms with Crippen LogP contribution in [0.2, 0.25) is 0 Å². The number of amides is 1.